The van der Waals surface area contributed by atoms with Gasteiger partial charge in [0.05, 0.1) is 6.42 Å². The van der Waals surface area contributed by atoms with Crippen LogP contribution in [0, 0.1) is 10.1 Å². The summed E-state index contributed by atoms with van der Waals surface area (Å²) in [4.78, 5) is 34.1. The van der Waals surface area contributed by atoms with Crippen LogP contribution in [0.15, 0.2) is 0 Å². The second-order valence-electron chi connectivity index (χ2n) is 6.10. The standard InChI is InChI=1S/C16H27NO4/c18-15-10-8-6-4-2-1-3-5-7-9-14(17(20)21)11-12-16(19)13-15/h14H,1-13H2. The number of Topliss-reactive ketones (excluding diaryl/α,β-unsaturated/α-hetero) is 2. The summed E-state index contributed by atoms with van der Waals surface area (Å²) < 4.78 is 0. The number of carbonyl (C=O) groups excluding carboxylic acids is 2. The third-order valence-electron chi connectivity index (χ3n) is 4.19. The Morgan fingerprint density at radius 3 is 1.90 bits per heavy atom. The van der Waals surface area contributed by atoms with Crippen molar-refractivity contribution in [3.63, 3.8) is 0 Å². The van der Waals surface area contributed by atoms with Gasteiger partial charge in [0.25, 0.3) is 0 Å². The van der Waals surface area contributed by atoms with Gasteiger partial charge in [0.1, 0.15) is 11.6 Å². The van der Waals surface area contributed by atoms with Crippen LogP contribution in [0.2, 0.25) is 0 Å². The molecule has 0 aromatic rings. The molecule has 0 N–H and O–H groups in total. The SMILES string of the molecule is O=C1CCCCCCCCCCC([N+](=O)[O-])CCC(=O)C1. The van der Waals surface area contributed by atoms with E-state index in [4.69, 9.17) is 0 Å². The first-order valence-electron chi connectivity index (χ1n) is 8.26. The number of ketones is 2. The fourth-order valence-electron chi connectivity index (χ4n) is 2.84. The summed E-state index contributed by atoms with van der Waals surface area (Å²) in [6.45, 7) is 0. The fourth-order valence-corrected chi connectivity index (χ4v) is 2.84. The lowest BCUT2D eigenvalue weighted by molar-refractivity contribution is -0.524. The number of nitrogens with zero attached hydrogens (tertiary/aromatic N) is 1. The third kappa shape index (κ3) is 8.58. The molecule has 120 valence electrons. The molecule has 0 aliphatic heterocycles. The van der Waals surface area contributed by atoms with Crippen molar-refractivity contribution in [1.82, 2.24) is 0 Å². The molecule has 0 heterocycles. The summed E-state index contributed by atoms with van der Waals surface area (Å²) in [7, 11) is 0. The van der Waals surface area contributed by atoms with E-state index in [0.717, 1.165) is 38.5 Å². The van der Waals surface area contributed by atoms with E-state index >= 15 is 0 Å². The molecule has 5 nitrogen and oxygen atoms in total. The summed E-state index contributed by atoms with van der Waals surface area (Å²) in [5, 5.41) is 11.0. The molecular weight excluding hydrogens is 270 g/mol. The Bertz CT molecular complexity index is 354. The van der Waals surface area contributed by atoms with E-state index in [1.807, 2.05) is 0 Å². The van der Waals surface area contributed by atoms with Crippen LogP contribution in [0.3, 0.4) is 0 Å². The number of carbonyl (C=O) groups is 2. The Kier molecular flexibility index (Phi) is 8.87. The molecule has 1 saturated carbocycles. The third-order valence-corrected chi connectivity index (χ3v) is 4.19. The van der Waals surface area contributed by atoms with Gasteiger partial charge in [-0.05, 0) is 12.8 Å². The average Bonchev–Trinajstić information content (AvgIpc) is 2.42. The van der Waals surface area contributed by atoms with Crippen molar-refractivity contribution in [1.29, 1.82) is 0 Å². The van der Waals surface area contributed by atoms with Gasteiger partial charge in [-0.3, -0.25) is 19.7 Å². The van der Waals surface area contributed by atoms with Crippen LogP contribution in [-0.2, 0) is 9.59 Å². The molecule has 0 aromatic carbocycles. The average molecular weight is 297 g/mol. The monoisotopic (exact) mass is 297 g/mol. The molecule has 21 heavy (non-hydrogen) atoms. The van der Waals surface area contributed by atoms with Crippen LogP contribution in [-0.4, -0.2) is 22.5 Å². The second-order valence-corrected chi connectivity index (χ2v) is 6.10. The molecule has 5 heteroatoms. The van der Waals surface area contributed by atoms with E-state index < -0.39 is 6.04 Å². The zero-order chi connectivity index (χ0) is 15.5. The fraction of sp³-hybridized carbons (Fsp3) is 0.875. The first-order chi connectivity index (χ1) is 10.1. The first kappa shape index (κ1) is 17.8. The Morgan fingerprint density at radius 2 is 1.29 bits per heavy atom. The molecule has 1 rings (SSSR count). The Hall–Kier alpha value is -1.26. The van der Waals surface area contributed by atoms with Gasteiger partial charge in [-0.1, -0.05) is 38.5 Å². The molecule has 0 bridgehead atoms. The maximum Gasteiger partial charge on any atom is 0.213 e. The van der Waals surface area contributed by atoms with Gasteiger partial charge >= 0.3 is 0 Å². The Balaban J connectivity index is 2.47. The summed E-state index contributed by atoms with van der Waals surface area (Å²) >= 11 is 0. The second kappa shape index (κ2) is 10.5. The molecule has 1 fully saturated rings. The van der Waals surface area contributed by atoms with Crippen molar-refractivity contribution >= 4 is 11.6 Å². The van der Waals surface area contributed by atoms with Gasteiger partial charge < -0.3 is 0 Å². The smallest absolute Gasteiger partial charge is 0.213 e. The van der Waals surface area contributed by atoms with E-state index in [0.29, 0.717) is 12.8 Å². The van der Waals surface area contributed by atoms with Gasteiger partial charge in [0.2, 0.25) is 6.04 Å². The van der Waals surface area contributed by atoms with Crippen LogP contribution >= 0.6 is 0 Å². The van der Waals surface area contributed by atoms with Gasteiger partial charge in [-0.2, -0.15) is 0 Å². The van der Waals surface area contributed by atoms with Gasteiger partial charge in [0, 0.05) is 30.6 Å². The first-order valence-corrected chi connectivity index (χ1v) is 8.26. The minimum absolute atomic E-state index is 0.00949. The van der Waals surface area contributed by atoms with Crippen LogP contribution in [0.4, 0.5) is 0 Å². The van der Waals surface area contributed by atoms with Crippen molar-refractivity contribution in [3.8, 4) is 0 Å². The molecule has 0 spiro atoms. The molecular formula is C16H27NO4. The van der Waals surface area contributed by atoms with Crippen molar-refractivity contribution in [2.45, 2.75) is 89.5 Å². The lowest BCUT2D eigenvalue weighted by Crippen LogP contribution is -2.21. The van der Waals surface area contributed by atoms with Gasteiger partial charge in [0.15, 0.2) is 0 Å². The highest BCUT2D eigenvalue weighted by Crippen LogP contribution is 2.16. The summed E-state index contributed by atoms with van der Waals surface area (Å²) in [5.41, 5.74) is 0. The Labute approximate surface area is 126 Å². The number of hydrogen-bond donors (Lipinski definition) is 0. The van der Waals surface area contributed by atoms with Crippen LogP contribution < -0.4 is 0 Å². The number of hydrogen-bond acceptors (Lipinski definition) is 4. The zero-order valence-electron chi connectivity index (χ0n) is 12.8. The Morgan fingerprint density at radius 1 is 0.762 bits per heavy atom. The molecule has 0 saturated heterocycles. The molecule has 0 aromatic heterocycles. The minimum atomic E-state index is -0.628. The van der Waals surface area contributed by atoms with Gasteiger partial charge in [-0.15, -0.1) is 0 Å². The van der Waals surface area contributed by atoms with Crippen molar-refractivity contribution < 1.29 is 14.5 Å². The largest absolute Gasteiger partial charge is 0.299 e. The number of nitro groups is 1. The number of rotatable bonds is 1. The van der Waals surface area contributed by atoms with E-state index in [1.165, 1.54) is 12.8 Å². The highest BCUT2D eigenvalue weighted by atomic mass is 16.6. The zero-order valence-corrected chi connectivity index (χ0v) is 12.8. The minimum Gasteiger partial charge on any atom is -0.299 e. The van der Waals surface area contributed by atoms with Crippen molar-refractivity contribution in [2.24, 2.45) is 0 Å². The van der Waals surface area contributed by atoms with Crippen LogP contribution in [0.1, 0.15) is 83.5 Å². The maximum atomic E-state index is 11.7. The summed E-state index contributed by atoms with van der Waals surface area (Å²) in [6, 6.07) is -0.628. The maximum absolute atomic E-state index is 11.7. The van der Waals surface area contributed by atoms with E-state index in [9.17, 15) is 19.7 Å². The molecule has 1 unspecified atom stereocenters. The quantitative estimate of drug-likeness (QED) is 0.418. The predicted octanol–water partition coefficient (Wildman–Crippen LogP) is 3.85. The highest BCUT2D eigenvalue weighted by molar-refractivity contribution is 5.98. The van der Waals surface area contributed by atoms with Crippen LogP contribution in [0.5, 0.6) is 0 Å². The van der Waals surface area contributed by atoms with E-state index in [2.05, 4.69) is 0 Å². The van der Waals surface area contributed by atoms with Crippen LogP contribution in [0.25, 0.3) is 0 Å². The highest BCUT2D eigenvalue weighted by Gasteiger charge is 2.21. The normalized spacial score (nSPS) is 24.7. The molecule has 1 aliphatic rings. The van der Waals surface area contributed by atoms with Gasteiger partial charge in [-0.25, -0.2) is 0 Å². The summed E-state index contributed by atoms with van der Waals surface area (Å²) in [5.74, 6) is -0.149. The summed E-state index contributed by atoms with van der Waals surface area (Å²) in [6.07, 6.45) is 9.87. The lowest BCUT2D eigenvalue weighted by atomic mass is 9.98. The topological polar surface area (TPSA) is 77.3 Å². The molecule has 0 amide bonds. The van der Waals surface area contributed by atoms with E-state index in [1.54, 1.807) is 0 Å². The molecule has 1 aliphatic carbocycles. The van der Waals surface area contributed by atoms with E-state index in [-0.39, 0.29) is 35.8 Å². The van der Waals surface area contributed by atoms with Crippen molar-refractivity contribution in [2.75, 3.05) is 0 Å². The molecule has 0 radical (unpaired) electrons. The lowest BCUT2D eigenvalue weighted by Gasteiger charge is -2.09. The predicted molar refractivity (Wildman–Crippen MR) is 80.8 cm³/mol. The molecule has 1 atom stereocenters. The van der Waals surface area contributed by atoms with Crippen molar-refractivity contribution in [3.05, 3.63) is 10.1 Å².